The van der Waals surface area contributed by atoms with Gasteiger partial charge in [0, 0.05) is 38.5 Å². The van der Waals surface area contributed by atoms with Gasteiger partial charge in [0.25, 0.3) is 0 Å². The van der Waals surface area contributed by atoms with Crippen molar-refractivity contribution in [1.29, 1.82) is 0 Å². The standard InChI is InChI=1S/C28H29N3O3S/c1-33-23-13-14-24(34-2)27-26(23)29-28(35-27)31-17-15-30(16-18-31)25(32)19-22(20-9-5-3-6-10-20)21-11-7-4-8-12-21/h3-14,22H,15-19H2,1-2H3. The number of fused-ring (bicyclic) bond motifs is 1. The smallest absolute Gasteiger partial charge is 0.223 e. The number of rotatable bonds is 7. The van der Waals surface area contributed by atoms with E-state index in [1.54, 1.807) is 25.6 Å². The number of benzene rings is 3. The highest BCUT2D eigenvalue weighted by atomic mass is 32.1. The summed E-state index contributed by atoms with van der Waals surface area (Å²) in [6.45, 7) is 2.85. The lowest BCUT2D eigenvalue weighted by Crippen LogP contribution is -2.49. The lowest BCUT2D eigenvalue weighted by molar-refractivity contribution is -0.131. The maximum atomic E-state index is 13.4. The molecule has 180 valence electrons. The van der Waals surface area contributed by atoms with Crippen molar-refractivity contribution in [1.82, 2.24) is 9.88 Å². The minimum absolute atomic E-state index is 0.0483. The van der Waals surface area contributed by atoms with Gasteiger partial charge < -0.3 is 19.3 Å². The summed E-state index contributed by atoms with van der Waals surface area (Å²) in [5.41, 5.74) is 3.16. The predicted molar refractivity (Wildman–Crippen MR) is 141 cm³/mol. The van der Waals surface area contributed by atoms with Crippen molar-refractivity contribution in [3.8, 4) is 11.5 Å². The Labute approximate surface area is 209 Å². The van der Waals surface area contributed by atoms with Crippen molar-refractivity contribution in [2.45, 2.75) is 12.3 Å². The Balaban J connectivity index is 1.29. The molecule has 1 saturated heterocycles. The van der Waals surface area contributed by atoms with Crippen LogP contribution in [-0.4, -0.2) is 56.2 Å². The zero-order valence-corrected chi connectivity index (χ0v) is 20.8. The molecule has 1 aliphatic rings. The molecular weight excluding hydrogens is 458 g/mol. The van der Waals surface area contributed by atoms with E-state index in [9.17, 15) is 4.79 Å². The number of ether oxygens (including phenoxy) is 2. The van der Waals surface area contributed by atoms with E-state index in [1.165, 1.54) is 11.1 Å². The van der Waals surface area contributed by atoms with Crippen LogP contribution in [0.15, 0.2) is 72.8 Å². The summed E-state index contributed by atoms with van der Waals surface area (Å²) >= 11 is 1.61. The van der Waals surface area contributed by atoms with Crippen molar-refractivity contribution in [2.75, 3.05) is 45.3 Å². The Hall–Kier alpha value is -3.58. The first kappa shape index (κ1) is 23.2. The molecule has 0 radical (unpaired) electrons. The predicted octanol–water partition coefficient (Wildman–Crippen LogP) is 5.18. The molecule has 1 fully saturated rings. The Morgan fingerprint density at radius 2 is 1.43 bits per heavy atom. The molecule has 0 atom stereocenters. The molecule has 0 bridgehead atoms. The average Bonchev–Trinajstić information content (AvgIpc) is 3.38. The Bertz CT molecular complexity index is 1200. The first-order valence-electron chi connectivity index (χ1n) is 11.8. The maximum Gasteiger partial charge on any atom is 0.223 e. The average molecular weight is 488 g/mol. The van der Waals surface area contributed by atoms with Crippen molar-refractivity contribution < 1.29 is 14.3 Å². The number of hydrogen-bond acceptors (Lipinski definition) is 6. The van der Waals surface area contributed by atoms with Gasteiger partial charge in [-0.1, -0.05) is 72.0 Å². The van der Waals surface area contributed by atoms with Gasteiger partial charge in [0.2, 0.25) is 5.91 Å². The van der Waals surface area contributed by atoms with Gasteiger partial charge in [-0.05, 0) is 23.3 Å². The fourth-order valence-electron chi connectivity index (χ4n) is 4.66. The minimum Gasteiger partial charge on any atom is -0.495 e. The third-order valence-corrected chi connectivity index (χ3v) is 7.72. The highest BCUT2D eigenvalue weighted by molar-refractivity contribution is 7.22. The van der Waals surface area contributed by atoms with Crippen molar-refractivity contribution in [2.24, 2.45) is 0 Å². The number of hydrogen-bond donors (Lipinski definition) is 0. The lowest BCUT2D eigenvalue weighted by Gasteiger charge is -2.35. The zero-order valence-electron chi connectivity index (χ0n) is 20.0. The molecule has 4 aromatic rings. The van der Waals surface area contributed by atoms with Crippen molar-refractivity contribution in [3.05, 3.63) is 83.9 Å². The molecule has 35 heavy (non-hydrogen) atoms. The van der Waals surface area contributed by atoms with Crippen LogP contribution in [-0.2, 0) is 4.79 Å². The van der Waals surface area contributed by atoms with Crippen LogP contribution in [0.5, 0.6) is 11.5 Å². The van der Waals surface area contributed by atoms with Gasteiger partial charge in [0.15, 0.2) is 5.13 Å². The van der Waals surface area contributed by atoms with Crippen molar-refractivity contribution >= 4 is 32.6 Å². The van der Waals surface area contributed by atoms with E-state index < -0.39 is 0 Å². The first-order chi connectivity index (χ1) is 17.2. The fourth-order valence-corrected chi connectivity index (χ4v) is 5.79. The van der Waals surface area contributed by atoms with Crippen LogP contribution in [0.3, 0.4) is 0 Å². The summed E-state index contributed by atoms with van der Waals surface area (Å²) in [7, 11) is 3.33. The third-order valence-electron chi connectivity index (χ3n) is 6.58. The summed E-state index contributed by atoms with van der Waals surface area (Å²) in [6, 6.07) is 24.4. The summed E-state index contributed by atoms with van der Waals surface area (Å²) in [5.74, 6) is 1.78. The normalized spacial score (nSPS) is 13.9. The second-order valence-corrected chi connectivity index (χ2v) is 9.57. The monoisotopic (exact) mass is 487 g/mol. The molecule has 5 rings (SSSR count). The molecule has 0 unspecified atom stereocenters. The number of carbonyl (C=O) groups excluding carboxylic acids is 1. The van der Waals surface area contributed by atoms with E-state index in [-0.39, 0.29) is 11.8 Å². The quantitative estimate of drug-likeness (QED) is 0.359. The molecular formula is C28H29N3O3S. The van der Waals surface area contributed by atoms with Crippen LogP contribution in [0.4, 0.5) is 5.13 Å². The summed E-state index contributed by atoms with van der Waals surface area (Å²) < 4.78 is 12.0. The van der Waals surface area contributed by atoms with Crippen LogP contribution in [0.25, 0.3) is 10.2 Å². The molecule has 6 nitrogen and oxygen atoms in total. The molecule has 0 N–H and O–H groups in total. The van der Waals surface area contributed by atoms with Gasteiger partial charge in [-0.15, -0.1) is 0 Å². The fraction of sp³-hybridized carbons (Fsp3) is 0.286. The van der Waals surface area contributed by atoms with Crippen molar-refractivity contribution in [3.63, 3.8) is 0 Å². The minimum atomic E-state index is 0.0483. The van der Waals surface area contributed by atoms with Gasteiger partial charge in [-0.3, -0.25) is 4.79 Å². The molecule has 0 spiro atoms. The maximum absolute atomic E-state index is 13.4. The Morgan fingerprint density at radius 1 is 0.857 bits per heavy atom. The Kier molecular flexibility index (Phi) is 6.86. The third kappa shape index (κ3) is 4.82. The molecule has 2 heterocycles. The summed E-state index contributed by atoms with van der Waals surface area (Å²) in [5, 5.41) is 0.932. The number of piperazine rings is 1. The molecule has 1 aromatic heterocycles. The van der Waals surface area contributed by atoms with Crippen LogP contribution < -0.4 is 14.4 Å². The first-order valence-corrected chi connectivity index (χ1v) is 12.6. The van der Waals surface area contributed by atoms with Gasteiger partial charge in [0.1, 0.15) is 21.7 Å². The number of thiazole rings is 1. The zero-order chi connectivity index (χ0) is 24.2. The second-order valence-electron chi connectivity index (χ2n) is 8.59. The molecule has 1 aliphatic heterocycles. The number of anilines is 1. The number of amides is 1. The van der Waals surface area contributed by atoms with E-state index in [1.807, 2.05) is 53.4 Å². The second kappa shape index (κ2) is 10.4. The number of aromatic nitrogens is 1. The highest BCUT2D eigenvalue weighted by Gasteiger charge is 2.27. The SMILES string of the molecule is COc1ccc(OC)c2sc(N3CCN(C(=O)CC(c4ccccc4)c4ccccc4)CC3)nc12. The summed E-state index contributed by atoms with van der Waals surface area (Å²) in [4.78, 5) is 22.5. The van der Waals surface area contributed by atoms with E-state index in [0.717, 1.165) is 39.9 Å². The molecule has 1 amide bonds. The molecule has 0 aliphatic carbocycles. The van der Waals surface area contributed by atoms with Gasteiger partial charge in [-0.25, -0.2) is 4.98 Å². The van der Waals surface area contributed by atoms with E-state index in [0.29, 0.717) is 19.5 Å². The largest absolute Gasteiger partial charge is 0.495 e. The van der Waals surface area contributed by atoms with E-state index in [2.05, 4.69) is 29.2 Å². The van der Waals surface area contributed by atoms with Gasteiger partial charge in [0.05, 0.1) is 14.2 Å². The molecule has 0 saturated carbocycles. The van der Waals surface area contributed by atoms with Crippen LogP contribution >= 0.6 is 11.3 Å². The summed E-state index contributed by atoms with van der Waals surface area (Å²) in [6.07, 6.45) is 0.462. The highest BCUT2D eigenvalue weighted by Crippen LogP contribution is 2.40. The van der Waals surface area contributed by atoms with E-state index >= 15 is 0 Å². The molecule has 3 aromatic carbocycles. The van der Waals surface area contributed by atoms with E-state index in [4.69, 9.17) is 14.5 Å². The lowest BCUT2D eigenvalue weighted by atomic mass is 9.88. The van der Waals surface area contributed by atoms with Crippen LogP contribution in [0, 0.1) is 0 Å². The number of carbonyl (C=O) groups is 1. The van der Waals surface area contributed by atoms with Gasteiger partial charge >= 0.3 is 0 Å². The van der Waals surface area contributed by atoms with Gasteiger partial charge in [-0.2, -0.15) is 0 Å². The number of nitrogens with zero attached hydrogens (tertiary/aromatic N) is 3. The Morgan fingerprint density at radius 3 is 2.00 bits per heavy atom. The molecule has 7 heteroatoms. The topological polar surface area (TPSA) is 54.9 Å². The number of methoxy groups -OCH3 is 2. The van der Waals surface area contributed by atoms with Crippen LogP contribution in [0.2, 0.25) is 0 Å². The van der Waals surface area contributed by atoms with Crippen LogP contribution in [0.1, 0.15) is 23.5 Å².